The molecule has 7 nitrogen and oxygen atoms in total. The second-order valence-electron chi connectivity index (χ2n) is 7.09. The lowest BCUT2D eigenvalue weighted by Gasteiger charge is -2.47. The molecule has 10 unspecified atom stereocenters. The predicted molar refractivity (Wildman–Crippen MR) is 84.6 cm³/mol. The van der Waals surface area contributed by atoms with Crippen LogP contribution >= 0.6 is 0 Å². The van der Waals surface area contributed by atoms with Crippen molar-refractivity contribution in [3.63, 3.8) is 0 Å². The minimum atomic E-state index is -0.722. The highest BCUT2D eigenvalue weighted by Crippen LogP contribution is 2.33. The van der Waals surface area contributed by atoms with Crippen molar-refractivity contribution in [2.75, 3.05) is 6.54 Å². The highest BCUT2D eigenvalue weighted by atomic mass is 16.7. The first-order chi connectivity index (χ1) is 10.3. The standard InChI is InChI=1S/C15H32N4O3/c1-6-7(2)12(19)15(21-11(6)5-16)22-14-10(18)4-9(17)8(3)13(14)20/h6-15,20H,4-5,16-19H2,1-3H3. The van der Waals surface area contributed by atoms with E-state index in [1.807, 2.05) is 6.92 Å². The molecule has 1 aliphatic carbocycles. The van der Waals surface area contributed by atoms with Gasteiger partial charge in [-0.3, -0.25) is 0 Å². The summed E-state index contributed by atoms with van der Waals surface area (Å²) in [6.07, 6.45) is -1.34. The zero-order valence-corrected chi connectivity index (χ0v) is 13.8. The molecule has 0 amide bonds. The second kappa shape index (κ2) is 7.09. The predicted octanol–water partition coefficient (Wildman–Crippen LogP) is -1.29. The highest BCUT2D eigenvalue weighted by molar-refractivity contribution is 4.97. The maximum Gasteiger partial charge on any atom is 0.173 e. The van der Waals surface area contributed by atoms with Crippen LogP contribution in [-0.4, -0.2) is 54.4 Å². The summed E-state index contributed by atoms with van der Waals surface area (Å²) in [5.74, 6) is 0.396. The van der Waals surface area contributed by atoms with E-state index in [-0.39, 0.29) is 42.0 Å². The van der Waals surface area contributed by atoms with Gasteiger partial charge in [-0.05, 0) is 24.2 Å². The van der Waals surface area contributed by atoms with Gasteiger partial charge in [0.15, 0.2) is 6.29 Å². The summed E-state index contributed by atoms with van der Waals surface area (Å²) in [4.78, 5) is 0. The average molecular weight is 316 g/mol. The molecule has 10 atom stereocenters. The Bertz CT molecular complexity index is 371. The van der Waals surface area contributed by atoms with Gasteiger partial charge in [0, 0.05) is 18.6 Å². The quantitative estimate of drug-likeness (QED) is 0.436. The average Bonchev–Trinajstić information content (AvgIpc) is 2.49. The molecule has 0 radical (unpaired) electrons. The Morgan fingerprint density at radius 3 is 2.27 bits per heavy atom. The topological polar surface area (TPSA) is 143 Å². The van der Waals surface area contributed by atoms with E-state index in [0.717, 1.165) is 0 Å². The van der Waals surface area contributed by atoms with Gasteiger partial charge in [0.05, 0.1) is 18.2 Å². The van der Waals surface area contributed by atoms with Crippen molar-refractivity contribution in [1.82, 2.24) is 0 Å². The zero-order chi connectivity index (χ0) is 16.6. The van der Waals surface area contributed by atoms with Crippen molar-refractivity contribution in [1.29, 1.82) is 0 Å². The van der Waals surface area contributed by atoms with Crippen LogP contribution in [0.5, 0.6) is 0 Å². The molecule has 1 heterocycles. The maximum absolute atomic E-state index is 10.4. The van der Waals surface area contributed by atoms with E-state index in [2.05, 4.69) is 13.8 Å². The van der Waals surface area contributed by atoms with Gasteiger partial charge in [0.25, 0.3) is 0 Å². The van der Waals surface area contributed by atoms with E-state index in [1.165, 1.54) is 0 Å². The minimum Gasteiger partial charge on any atom is -0.390 e. The fourth-order valence-corrected chi connectivity index (χ4v) is 3.52. The lowest BCUT2D eigenvalue weighted by atomic mass is 9.79. The first-order valence-corrected chi connectivity index (χ1v) is 8.23. The highest BCUT2D eigenvalue weighted by Gasteiger charge is 2.45. The lowest BCUT2D eigenvalue weighted by molar-refractivity contribution is -0.266. The smallest absolute Gasteiger partial charge is 0.173 e. The van der Waals surface area contributed by atoms with Crippen LogP contribution in [0.1, 0.15) is 27.2 Å². The van der Waals surface area contributed by atoms with Gasteiger partial charge in [0.1, 0.15) is 6.10 Å². The summed E-state index contributed by atoms with van der Waals surface area (Å²) in [5.41, 5.74) is 24.2. The third kappa shape index (κ3) is 3.31. The monoisotopic (exact) mass is 316 g/mol. The van der Waals surface area contributed by atoms with Crippen LogP contribution in [-0.2, 0) is 9.47 Å². The Kier molecular flexibility index (Phi) is 5.82. The van der Waals surface area contributed by atoms with E-state index >= 15 is 0 Å². The van der Waals surface area contributed by atoms with Crippen LogP contribution in [0.25, 0.3) is 0 Å². The Morgan fingerprint density at radius 2 is 1.68 bits per heavy atom. The normalized spacial score (nSPS) is 53.5. The molecule has 2 fully saturated rings. The largest absolute Gasteiger partial charge is 0.390 e. The van der Waals surface area contributed by atoms with Crippen LogP contribution in [0.4, 0.5) is 0 Å². The number of hydrogen-bond acceptors (Lipinski definition) is 7. The van der Waals surface area contributed by atoms with Gasteiger partial charge in [0.2, 0.25) is 0 Å². The molecule has 1 saturated heterocycles. The summed E-state index contributed by atoms with van der Waals surface area (Å²) in [5, 5.41) is 10.4. The molecule has 1 aliphatic heterocycles. The molecule has 2 aliphatic rings. The number of hydrogen-bond donors (Lipinski definition) is 5. The number of rotatable bonds is 3. The lowest BCUT2D eigenvalue weighted by Crippen LogP contribution is -2.63. The molecule has 1 saturated carbocycles. The molecule has 0 bridgehead atoms. The van der Waals surface area contributed by atoms with Crippen LogP contribution in [0, 0.1) is 17.8 Å². The van der Waals surface area contributed by atoms with Crippen molar-refractivity contribution in [3.05, 3.63) is 0 Å². The molecular weight excluding hydrogens is 284 g/mol. The van der Waals surface area contributed by atoms with Crippen molar-refractivity contribution in [2.45, 2.75) is 69.9 Å². The van der Waals surface area contributed by atoms with Gasteiger partial charge in [-0.2, -0.15) is 0 Å². The maximum atomic E-state index is 10.4. The molecular formula is C15H32N4O3. The molecule has 0 aromatic heterocycles. The first kappa shape index (κ1) is 18.1. The van der Waals surface area contributed by atoms with Gasteiger partial charge in [-0.15, -0.1) is 0 Å². The zero-order valence-electron chi connectivity index (χ0n) is 13.8. The van der Waals surface area contributed by atoms with Gasteiger partial charge in [-0.25, -0.2) is 0 Å². The van der Waals surface area contributed by atoms with Crippen molar-refractivity contribution >= 4 is 0 Å². The molecule has 130 valence electrons. The second-order valence-corrected chi connectivity index (χ2v) is 7.09. The Hall–Kier alpha value is -0.280. The Balaban J connectivity index is 2.08. The first-order valence-electron chi connectivity index (χ1n) is 8.23. The molecule has 0 aromatic rings. The Morgan fingerprint density at radius 1 is 1.05 bits per heavy atom. The van der Waals surface area contributed by atoms with Gasteiger partial charge >= 0.3 is 0 Å². The van der Waals surface area contributed by atoms with E-state index in [1.54, 1.807) is 0 Å². The third-order valence-corrected chi connectivity index (χ3v) is 5.69. The number of ether oxygens (including phenoxy) is 2. The fraction of sp³-hybridized carbons (Fsp3) is 1.00. The van der Waals surface area contributed by atoms with Crippen molar-refractivity contribution in [3.8, 4) is 0 Å². The third-order valence-electron chi connectivity index (χ3n) is 5.69. The van der Waals surface area contributed by atoms with E-state index in [4.69, 9.17) is 32.4 Å². The van der Waals surface area contributed by atoms with Crippen LogP contribution < -0.4 is 22.9 Å². The number of nitrogens with two attached hydrogens (primary N) is 4. The van der Waals surface area contributed by atoms with Gasteiger partial charge < -0.3 is 37.5 Å². The number of aliphatic hydroxyl groups excluding tert-OH is 1. The van der Waals surface area contributed by atoms with Crippen LogP contribution in [0.15, 0.2) is 0 Å². The molecule has 22 heavy (non-hydrogen) atoms. The molecule has 7 heteroatoms. The molecule has 0 spiro atoms. The van der Waals surface area contributed by atoms with E-state index in [0.29, 0.717) is 13.0 Å². The molecule has 2 rings (SSSR count). The van der Waals surface area contributed by atoms with Crippen LogP contribution in [0.2, 0.25) is 0 Å². The Labute approximate surface area is 132 Å². The summed E-state index contributed by atoms with van der Waals surface area (Å²) in [6.45, 7) is 6.48. The van der Waals surface area contributed by atoms with Crippen molar-refractivity contribution < 1.29 is 14.6 Å². The summed E-state index contributed by atoms with van der Waals surface area (Å²) < 4.78 is 11.9. The minimum absolute atomic E-state index is 0.0775. The molecule has 0 aromatic carbocycles. The van der Waals surface area contributed by atoms with Gasteiger partial charge in [-0.1, -0.05) is 20.8 Å². The van der Waals surface area contributed by atoms with Crippen molar-refractivity contribution in [2.24, 2.45) is 40.7 Å². The van der Waals surface area contributed by atoms with E-state index in [9.17, 15) is 5.11 Å². The summed E-state index contributed by atoms with van der Waals surface area (Å²) >= 11 is 0. The van der Waals surface area contributed by atoms with Crippen LogP contribution in [0.3, 0.4) is 0 Å². The molecule has 9 N–H and O–H groups in total. The summed E-state index contributed by atoms with van der Waals surface area (Å²) in [7, 11) is 0. The summed E-state index contributed by atoms with van der Waals surface area (Å²) in [6, 6.07) is -0.729. The SMILES string of the molecule is CC1C(CN)OC(OC2C(N)CC(N)C(C)C2O)C(N)C1C. The number of aliphatic hydroxyl groups is 1. The fourth-order valence-electron chi connectivity index (χ4n) is 3.52. The van der Waals surface area contributed by atoms with E-state index < -0.39 is 18.5 Å².